The summed E-state index contributed by atoms with van der Waals surface area (Å²) in [6, 6.07) is 13.1. The van der Waals surface area contributed by atoms with Gasteiger partial charge in [-0.05, 0) is 49.9 Å². The molecule has 2 heterocycles. The molecule has 1 N–H and O–H groups in total. The Labute approximate surface area is 182 Å². The van der Waals surface area contributed by atoms with Crippen LogP contribution in [0.15, 0.2) is 42.5 Å². The predicted molar refractivity (Wildman–Crippen MR) is 118 cm³/mol. The van der Waals surface area contributed by atoms with Gasteiger partial charge in [0.25, 0.3) is 5.91 Å². The maximum Gasteiger partial charge on any atom is 0.273 e. The molecule has 0 fully saturated rings. The average Bonchev–Trinajstić information content (AvgIpc) is 3.16. The van der Waals surface area contributed by atoms with E-state index in [1.807, 2.05) is 45.0 Å². The molecule has 31 heavy (non-hydrogen) atoms. The van der Waals surface area contributed by atoms with Crippen molar-refractivity contribution in [2.45, 2.75) is 52.7 Å². The molecule has 0 radical (unpaired) electrons. The van der Waals surface area contributed by atoms with Gasteiger partial charge in [-0.25, -0.2) is 9.07 Å². The molecule has 1 atom stereocenters. The first-order valence-electron chi connectivity index (χ1n) is 10.8. The van der Waals surface area contributed by atoms with Gasteiger partial charge in [0.1, 0.15) is 5.82 Å². The van der Waals surface area contributed by atoms with E-state index < -0.39 is 0 Å². The van der Waals surface area contributed by atoms with Crippen molar-refractivity contribution in [2.24, 2.45) is 0 Å². The van der Waals surface area contributed by atoms with Gasteiger partial charge in [0.2, 0.25) is 0 Å². The van der Waals surface area contributed by atoms with Crippen molar-refractivity contribution in [3.8, 4) is 5.69 Å². The lowest BCUT2D eigenvalue weighted by Crippen LogP contribution is -2.32. The standard InChI is InChI=1S/C24H28FN5O/c1-4-16(2)26-24(31)23-17(3)30(28-27-23)22-11-7-9-18-14-29(13-12-20(18)22)15-19-8-5-6-10-21(19)25/h5-11,16H,4,12-15H2,1-3H3,(H,26,31)/t16-/m0/s1. The lowest BCUT2D eigenvalue weighted by Gasteiger charge is -2.30. The van der Waals surface area contributed by atoms with Crippen molar-refractivity contribution >= 4 is 5.91 Å². The summed E-state index contributed by atoms with van der Waals surface area (Å²) in [6.45, 7) is 8.02. The topological polar surface area (TPSA) is 63.1 Å². The van der Waals surface area contributed by atoms with E-state index in [9.17, 15) is 9.18 Å². The van der Waals surface area contributed by atoms with Crippen molar-refractivity contribution in [3.05, 3.63) is 76.4 Å². The Hall–Kier alpha value is -3.06. The minimum Gasteiger partial charge on any atom is -0.348 e. The lowest BCUT2D eigenvalue weighted by atomic mass is 9.97. The van der Waals surface area contributed by atoms with Crippen LogP contribution in [0.25, 0.3) is 5.69 Å². The SMILES string of the molecule is CC[C@H](C)NC(=O)c1nnn(-c2cccc3c2CCN(Cc2ccccc2F)C3)c1C. The number of rotatable bonds is 6. The maximum atomic E-state index is 14.1. The third-order valence-electron chi connectivity index (χ3n) is 6.00. The number of amides is 1. The largest absolute Gasteiger partial charge is 0.348 e. The second kappa shape index (κ2) is 8.98. The number of hydrogen-bond acceptors (Lipinski definition) is 4. The molecule has 1 amide bonds. The zero-order valence-corrected chi connectivity index (χ0v) is 18.2. The second-order valence-corrected chi connectivity index (χ2v) is 8.18. The molecule has 4 rings (SSSR count). The smallest absolute Gasteiger partial charge is 0.273 e. The summed E-state index contributed by atoms with van der Waals surface area (Å²) in [5.74, 6) is -0.359. The second-order valence-electron chi connectivity index (χ2n) is 8.18. The average molecular weight is 422 g/mol. The fraction of sp³-hybridized carbons (Fsp3) is 0.375. The highest BCUT2D eigenvalue weighted by Crippen LogP contribution is 2.27. The molecule has 0 aliphatic carbocycles. The van der Waals surface area contributed by atoms with Crippen LogP contribution < -0.4 is 5.32 Å². The van der Waals surface area contributed by atoms with Crippen LogP contribution in [0.3, 0.4) is 0 Å². The summed E-state index contributed by atoms with van der Waals surface area (Å²) in [4.78, 5) is 14.8. The Kier molecular flexibility index (Phi) is 6.13. The van der Waals surface area contributed by atoms with Crippen LogP contribution in [-0.2, 0) is 19.5 Å². The third kappa shape index (κ3) is 4.37. The number of carbonyl (C=O) groups is 1. The summed E-state index contributed by atoms with van der Waals surface area (Å²) in [5, 5.41) is 11.4. The molecule has 162 valence electrons. The normalized spacial score (nSPS) is 14.8. The van der Waals surface area contributed by atoms with E-state index >= 15 is 0 Å². The van der Waals surface area contributed by atoms with Gasteiger partial charge in [0.05, 0.1) is 11.4 Å². The number of benzene rings is 2. The highest BCUT2D eigenvalue weighted by Gasteiger charge is 2.24. The fourth-order valence-corrected chi connectivity index (χ4v) is 4.01. The number of hydrogen-bond donors (Lipinski definition) is 1. The zero-order valence-electron chi connectivity index (χ0n) is 18.2. The molecule has 1 aromatic heterocycles. The fourth-order valence-electron chi connectivity index (χ4n) is 4.01. The number of fused-ring (bicyclic) bond motifs is 1. The van der Waals surface area contributed by atoms with Crippen molar-refractivity contribution in [2.75, 3.05) is 6.54 Å². The summed E-state index contributed by atoms with van der Waals surface area (Å²) < 4.78 is 15.8. The third-order valence-corrected chi connectivity index (χ3v) is 6.00. The van der Waals surface area contributed by atoms with Crippen LogP contribution in [0.5, 0.6) is 0 Å². The first-order chi connectivity index (χ1) is 15.0. The van der Waals surface area contributed by atoms with Gasteiger partial charge in [0.15, 0.2) is 5.69 Å². The highest BCUT2D eigenvalue weighted by molar-refractivity contribution is 5.93. The van der Waals surface area contributed by atoms with E-state index in [-0.39, 0.29) is 17.8 Å². The van der Waals surface area contributed by atoms with Crippen LogP contribution in [-0.4, -0.2) is 38.4 Å². The molecule has 0 saturated heterocycles. The molecule has 7 heteroatoms. The summed E-state index contributed by atoms with van der Waals surface area (Å²) >= 11 is 0. The van der Waals surface area contributed by atoms with Gasteiger partial charge in [0, 0.05) is 31.2 Å². The van der Waals surface area contributed by atoms with E-state index in [4.69, 9.17) is 0 Å². The summed E-state index contributed by atoms with van der Waals surface area (Å²) in [5.41, 5.74) is 5.15. The zero-order chi connectivity index (χ0) is 22.0. The van der Waals surface area contributed by atoms with Crippen LogP contribution in [0.2, 0.25) is 0 Å². The maximum absolute atomic E-state index is 14.1. The van der Waals surface area contributed by atoms with E-state index in [0.717, 1.165) is 37.3 Å². The Morgan fingerprint density at radius 2 is 2.03 bits per heavy atom. The van der Waals surface area contributed by atoms with Crippen molar-refractivity contribution in [1.29, 1.82) is 0 Å². The first kappa shape index (κ1) is 21.2. The molecular formula is C24H28FN5O. The molecule has 1 aliphatic rings. The molecule has 0 spiro atoms. The van der Waals surface area contributed by atoms with Crippen molar-refractivity contribution in [3.63, 3.8) is 0 Å². The molecule has 0 unspecified atom stereocenters. The molecular weight excluding hydrogens is 393 g/mol. The van der Waals surface area contributed by atoms with Crippen molar-refractivity contribution in [1.82, 2.24) is 25.2 Å². The molecule has 6 nitrogen and oxygen atoms in total. The van der Waals surface area contributed by atoms with E-state index in [1.54, 1.807) is 10.7 Å². The summed E-state index contributed by atoms with van der Waals surface area (Å²) in [7, 11) is 0. The Bertz CT molecular complexity index is 1090. The summed E-state index contributed by atoms with van der Waals surface area (Å²) in [6.07, 6.45) is 1.68. The minimum atomic E-state index is -0.195. The Balaban J connectivity index is 1.57. The monoisotopic (exact) mass is 421 g/mol. The number of halogens is 1. The lowest BCUT2D eigenvalue weighted by molar-refractivity contribution is 0.0933. The Morgan fingerprint density at radius 1 is 1.23 bits per heavy atom. The van der Waals surface area contributed by atoms with Crippen molar-refractivity contribution < 1.29 is 9.18 Å². The van der Waals surface area contributed by atoms with Crippen LogP contribution >= 0.6 is 0 Å². The number of carbonyl (C=O) groups excluding carboxylic acids is 1. The van der Waals surface area contributed by atoms with Gasteiger partial charge in [-0.2, -0.15) is 0 Å². The first-order valence-corrected chi connectivity index (χ1v) is 10.8. The highest BCUT2D eigenvalue weighted by atomic mass is 19.1. The van der Waals surface area contributed by atoms with E-state index in [2.05, 4.69) is 26.6 Å². The van der Waals surface area contributed by atoms with Gasteiger partial charge in [-0.15, -0.1) is 5.10 Å². The van der Waals surface area contributed by atoms with Gasteiger partial charge in [-0.3, -0.25) is 9.69 Å². The van der Waals surface area contributed by atoms with Crippen LogP contribution in [0, 0.1) is 12.7 Å². The van der Waals surface area contributed by atoms with Gasteiger partial charge >= 0.3 is 0 Å². The molecule has 2 aromatic carbocycles. The Morgan fingerprint density at radius 3 is 2.81 bits per heavy atom. The molecule has 3 aromatic rings. The van der Waals surface area contributed by atoms with Crippen LogP contribution in [0.1, 0.15) is 53.1 Å². The predicted octanol–water partition coefficient (Wildman–Crippen LogP) is 3.80. The van der Waals surface area contributed by atoms with Gasteiger partial charge in [-0.1, -0.05) is 42.5 Å². The van der Waals surface area contributed by atoms with Gasteiger partial charge < -0.3 is 5.32 Å². The number of aromatic nitrogens is 3. The minimum absolute atomic E-state index is 0.0852. The van der Waals surface area contributed by atoms with E-state index in [0.29, 0.717) is 17.8 Å². The number of nitrogens with zero attached hydrogens (tertiary/aromatic N) is 4. The van der Waals surface area contributed by atoms with Crippen LogP contribution in [0.4, 0.5) is 4.39 Å². The number of nitrogens with one attached hydrogen (secondary N) is 1. The molecule has 0 bridgehead atoms. The molecule has 1 aliphatic heterocycles. The van der Waals surface area contributed by atoms with E-state index in [1.165, 1.54) is 17.2 Å². The quantitative estimate of drug-likeness (QED) is 0.658. The molecule has 0 saturated carbocycles.